The fourth-order valence-corrected chi connectivity index (χ4v) is 3.30. The molecule has 98 valence electrons. The highest BCUT2D eigenvalue weighted by Gasteiger charge is 2.50. The Kier molecular flexibility index (Phi) is 2.32. The Labute approximate surface area is 117 Å². The first kappa shape index (κ1) is 11.5. The van der Waals surface area contributed by atoms with Crippen molar-refractivity contribution in [1.82, 2.24) is 4.98 Å². The molecule has 2 heterocycles. The lowest BCUT2D eigenvalue weighted by Gasteiger charge is -2.50. The summed E-state index contributed by atoms with van der Waals surface area (Å²) in [5.41, 5.74) is 8.64. The average molecular weight is 274 g/mol. The number of pyridine rings is 1. The molecule has 2 fully saturated rings. The van der Waals surface area contributed by atoms with Crippen LogP contribution in [0.25, 0.3) is 10.9 Å². The number of hydrogen-bond donors (Lipinski definition) is 1. The van der Waals surface area contributed by atoms with E-state index in [1.807, 2.05) is 24.4 Å². The summed E-state index contributed by atoms with van der Waals surface area (Å²) in [6.07, 6.45) is 4.45. The van der Waals surface area contributed by atoms with Gasteiger partial charge in [0.1, 0.15) is 0 Å². The Morgan fingerprint density at radius 1 is 1.26 bits per heavy atom. The van der Waals surface area contributed by atoms with Crippen molar-refractivity contribution in [3.05, 3.63) is 35.5 Å². The number of halogens is 1. The third kappa shape index (κ3) is 1.80. The van der Waals surface area contributed by atoms with Crippen molar-refractivity contribution in [2.45, 2.75) is 18.4 Å². The number of rotatable bonds is 2. The summed E-state index contributed by atoms with van der Waals surface area (Å²) in [4.78, 5) is 6.74. The number of aromatic nitrogens is 1. The van der Waals surface area contributed by atoms with E-state index in [1.54, 1.807) is 0 Å². The molecule has 0 amide bonds. The van der Waals surface area contributed by atoms with Crippen LogP contribution in [0, 0.1) is 5.92 Å². The Balaban J connectivity index is 1.69. The van der Waals surface area contributed by atoms with Crippen LogP contribution in [0.5, 0.6) is 0 Å². The fraction of sp³-hybridized carbons (Fsp3) is 0.400. The van der Waals surface area contributed by atoms with Gasteiger partial charge in [-0.25, -0.2) is 0 Å². The van der Waals surface area contributed by atoms with Gasteiger partial charge < -0.3 is 10.6 Å². The zero-order chi connectivity index (χ0) is 13.0. The lowest BCUT2D eigenvalue weighted by atomic mass is 9.85. The Bertz CT molecular complexity index is 645. The van der Waals surface area contributed by atoms with Gasteiger partial charge in [-0.1, -0.05) is 11.6 Å². The van der Waals surface area contributed by atoms with Gasteiger partial charge in [-0.15, -0.1) is 0 Å². The molecule has 4 rings (SSSR count). The van der Waals surface area contributed by atoms with E-state index in [-0.39, 0.29) is 5.54 Å². The smallest absolute Gasteiger partial charge is 0.0737 e. The molecule has 2 N–H and O–H groups in total. The van der Waals surface area contributed by atoms with E-state index in [0.29, 0.717) is 0 Å². The molecule has 1 saturated carbocycles. The molecule has 1 aliphatic heterocycles. The van der Waals surface area contributed by atoms with Crippen molar-refractivity contribution >= 4 is 28.2 Å². The number of hydrogen-bond acceptors (Lipinski definition) is 3. The van der Waals surface area contributed by atoms with Crippen LogP contribution in [0.4, 0.5) is 5.69 Å². The van der Waals surface area contributed by atoms with Gasteiger partial charge in [0.25, 0.3) is 0 Å². The molecule has 0 spiro atoms. The normalized spacial score (nSPS) is 21.5. The average Bonchev–Trinajstić information content (AvgIpc) is 3.18. The first-order valence-electron chi connectivity index (χ1n) is 6.74. The van der Waals surface area contributed by atoms with E-state index in [9.17, 15) is 0 Å². The molecule has 0 atom stereocenters. The van der Waals surface area contributed by atoms with E-state index in [2.05, 4.69) is 16.0 Å². The van der Waals surface area contributed by atoms with Gasteiger partial charge in [0.2, 0.25) is 0 Å². The first-order valence-corrected chi connectivity index (χ1v) is 7.12. The minimum atomic E-state index is 0.0437. The molecule has 19 heavy (non-hydrogen) atoms. The lowest BCUT2D eigenvalue weighted by Crippen LogP contribution is -2.69. The summed E-state index contributed by atoms with van der Waals surface area (Å²) >= 11 is 6.02. The number of benzene rings is 1. The number of nitrogens with zero attached hydrogens (tertiary/aromatic N) is 2. The SMILES string of the molecule is NC1(C2CC2)CN(c2ccnc3cc(Cl)ccc23)C1. The maximum Gasteiger partial charge on any atom is 0.0737 e. The van der Waals surface area contributed by atoms with E-state index in [1.165, 1.54) is 18.5 Å². The van der Waals surface area contributed by atoms with Crippen molar-refractivity contribution in [1.29, 1.82) is 0 Å². The largest absolute Gasteiger partial charge is 0.367 e. The van der Waals surface area contributed by atoms with Gasteiger partial charge in [0.15, 0.2) is 0 Å². The maximum absolute atomic E-state index is 6.43. The topological polar surface area (TPSA) is 42.1 Å². The van der Waals surface area contributed by atoms with Crippen molar-refractivity contribution in [2.24, 2.45) is 11.7 Å². The highest BCUT2D eigenvalue weighted by atomic mass is 35.5. The van der Waals surface area contributed by atoms with Crippen LogP contribution in [-0.2, 0) is 0 Å². The van der Waals surface area contributed by atoms with Crippen LogP contribution in [-0.4, -0.2) is 23.6 Å². The summed E-state index contributed by atoms with van der Waals surface area (Å²) in [7, 11) is 0. The maximum atomic E-state index is 6.43. The molecule has 0 radical (unpaired) electrons. The summed E-state index contributed by atoms with van der Waals surface area (Å²) in [5, 5.41) is 1.89. The molecule has 0 bridgehead atoms. The molecule has 1 aromatic carbocycles. The number of fused-ring (bicyclic) bond motifs is 1. The van der Waals surface area contributed by atoms with Gasteiger partial charge >= 0.3 is 0 Å². The Morgan fingerprint density at radius 2 is 2.05 bits per heavy atom. The molecule has 3 nitrogen and oxygen atoms in total. The quantitative estimate of drug-likeness (QED) is 0.915. The van der Waals surface area contributed by atoms with E-state index < -0.39 is 0 Å². The molecule has 2 aliphatic rings. The minimum absolute atomic E-state index is 0.0437. The number of anilines is 1. The van der Waals surface area contributed by atoms with Gasteiger partial charge in [-0.05, 0) is 43.0 Å². The monoisotopic (exact) mass is 273 g/mol. The Hall–Kier alpha value is -1.32. The lowest BCUT2D eigenvalue weighted by molar-refractivity contribution is 0.291. The van der Waals surface area contributed by atoms with Crippen molar-refractivity contribution in [3.8, 4) is 0 Å². The molecule has 1 aromatic heterocycles. The van der Waals surface area contributed by atoms with Crippen LogP contribution in [0.2, 0.25) is 5.02 Å². The van der Waals surface area contributed by atoms with Crippen molar-refractivity contribution in [3.63, 3.8) is 0 Å². The van der Waals surface area contributed by atoms with Crippen LogP contribution in [0.15, 0.2) is 30.5 Å². The summed E-state index contributed by atoms with van der Waals surface area (Å²) < 4.78 is 0. The van der Waals surface area contributed by atoms with Crippen molar-refractivity contribution in [2.75, 3.05) is 18.0 Å². The zero-order valence-corrected chi connectivity index (χ0v) is 11.4. The number of nitrogens with two attached hydrogens (primary N) is 1. The van der Waals surface area contributed by atoms with E-state index in [0.717, 1.165) is 34.9 Å². The summed E-state index contributed by atoms with van der Waals surface area (Å²) in [6.45, 7) is 1.92. The second kappa shape index (κ2) is 3.84. The third-order valence-corrected chi connectivity index (χ3v) is 4.62. The van der Waals surface area contributed by atoms with Gasteiger partial charge in [-0.2, -0.15) is 0 Å². The predicted octanol–water partition coefficient (Wildman–Crippen LogP) is 2.82. The van der Waals surface area contributed by atoms with Crippen LogP contribution >= 0.6 is 11.6 Å². The van der Waals surface area contributed by atoms with Crippen LogP contribution < -0.4 is 10.6 Å². The molecule has 2 aromatic rings. The first-order chi connectivity index (χ1) is 9.16. The highest BCUT2D eigenvalue weighted by molar-refractivity contribution is 6.31. The van der Waals surface area contributed by atoms with Crippen molar-refractivity contribution < 1.29 is 0 Å². The Morgan fingerprint density at radius 3 is 2.79 bits per heavy atom. The van der Waals surface area contributed by atoms with E-state index in [4.69, 9.17) is 17.3 Å². The second-order valence-corrected chi connectivity index (χ2v) is 6.29. The molecule has 1 saturated heterocycles. The molecule has 4 heteroatoms. The van der Waals surface area contributed by atoms with Gasteiger partial charge in [0.05, 0.1) is 11.1 Å². The van der Waals surface area contributed by atoms with Gasteiger partial charge in [0, 0.05) is 35.4 Å². The standard InChI is InChI=1S/C15H16ClN3/c16-11-3-4-12-13(7-11)18-6-5-14(12)19-8-15(17,9-19)10-1-2-10/h3-7,10H,1-2,8-9,17H2. The molecule has 1 aliphatic carbocycles. The van der Waals surface area contributed by atoms with Crippen LogP contribution in [0.3, 0.4) is 0 Å². The summed E-state index contributed by atoms with van der Waals surface area (Å²) in [6, 6.07) is 7.96. The second-order valence-electron chi connectivity index (χ2n) is 5.86. The van der Waals surface area contributed by atoms with E-state index >= 15 is 0 Å². The summed E-state index contributed by atoms with van der Waals surface area (Å²) in [5.74, 6) is 0.742. The predicted molar refractivity (Wildman–Crippen MR) is 78.6 cm³/mol. The molecular weight excluding hydrogens is 258 g/mol. The zero-order valence-electron chi connectivity index (χ0n) is 10.6. The minimum Gasteiger partial charge on any atom is -0.367 e. The fourth-order valence-electron chi connectivity index (χ4n) is 3.13. The molecule has 0 unspecified atom stereocenters. The highest BCUT2D eigenvalue weighted by Crippen LogP contribution is 2.45. The van der Waals surface area contributed by atoms with Crippen LogP contribution in [0.1, 0.15) is 12.8 Å². The molecular formula is C15H16ClN3. The third-order valence-electron chi connectivity index (χ3n) is 4.38. The van der Waals surface area contributed by atoms with Gasteiger partial charge in [-0.3, -0.25) is 4.98 Å².